The number of nitrogens with zero attached hydrogens (tertiary/aromatic N) is 1. The quantitative estimate of drug-likeness (QED) is 0.581. The Kier molecular flexibility index (Phi) is 4.15. The molecule has 0 bridgehead atoms. The van der Waals surface area contributed by atoms with Gasteiger partial charge in [-0.05, 0) is 12.1 Å². The molecule has 0 saturated heterocycles. The van der Waals surface area contributed by atoms with Crippen LogP contribution >= 0.6 is 0 Å². The number of rotatable bonds is 5. The molecule has 0 aliphatic heterocycles. The molecule has 2 amide bonds. The normalized spacial score (nSPS) is 9.65. The van der Waals surface area contributed by atoms with Crippen molar-refractivity contribution >= 4 is 23.2 Å². The van der Waals surface area contributed by atoms with Gasteiger partial charge in [-0.15, -0.1) is 0 Å². The molecule has 3 N–H and O–H groups in total. The van der Waals surface area contributed by atoms with Gasteiger partial charge in [0.05, 0.1) is 4.92 Å². The highest BCUT2D eigenvalue weighted by Gasteiger charge is 2.07. The zero-order valence-corrected chi connectivity index (χ0v) is 8.88. The van der Waals surface area contributed by atoms with Crippen LogP contribution < -0.4 is 11.1 Å². The summed E-state index contributed by atoms with van der Waals surface area (Å²) in [5, 5.41) is 12.9. The van der Waals surface area contributed by atoms with Crippen molar-refractivity contribution in [3.05, 3.63) is 34.4 Å². The van der Waals surface area contributed by atoms with Crippen LogP contribution in [-0.4, -0.2) is 16.7 Å². The first kappa shape index (κ1) is 12.6. The molecule has 0 atom stereocenters. The van der Waals surface area contributed by atoms with Crippen LogP contribution in [0.15, 0.2) is 24.3 Å². The summed E-state index contributed by atoms with van der Waals surface area (Å²) in [5.41, 5.74) is 5.27. The van der Waals surface area contributed by atoms with Crippen molar-refractivity contribution in [2.45, 2.75) is 12.8 Å². The predicted molar refractivity (Wildman–Crippen MR) is 60.2 cm³/mol. The Morgan fingerprint density at radius 3 is 2.29 bits per heavy atom. The number of nitrogens with one attached hydrogen (secondary N) is 1. The highest BCUT2D eigenvalue weighted by Crippen LogP contribution is 2.15. The molecule has 1 aromatic rings. The Morgan fingerprint density at radius 1 is 1.24 bits per heavy atom. The molecule has 0 aliphatic rings. The first-order chi connectivity index (χ1) is 7.99. The third-order valence-electron chi connectivity index (χ3n) is 1.96. The molecule has 0 aliphatic carbocycles. The Morgan fingerprint density at radius 2 is 1.82 bits per heavy atom. The third kappa shape index (κ3) is 4.29. The van der Waals surface area contributed by atoms with E-state index in [2.05, 4.69) is 5.32 Å². The van der Waals surface area contributed by atoms with Gasteiger partial charge in [0.15, 0.2) is 0 Å². The molecule has 0 aromatic heterocycles. The molecule has 0 spiro atoms. The van der Waals surface area contributed by atoms with Crippen molar-refractivity contribution in [2.75, 3.05) is 5.32 Å². The topological polar surface area (TPSA) is 115 Å². The first-order valence-electron chi connectivity index (χ1n) is 4.81. The number of anilines is 1. The maximum atomic E-state index is 11.3. The maximum Gasteiger partial charge on any atom is 0.269 e. The monoisotopic (exact) mass is 237 g/mol. The zero-order chi connectivity index (χ0) is 12.8. The van der Waals surface area contributed by atoms with E-state index in [4.69, 9.17) is 5.73 Å². The second kappa shape index (κ2) is 5.59. The fourth-order valence-corrected chi connectivity index (χ4v) is 1.13. The number of amides is 2. The average Bonchev–Trinajstić information content (AvgIpc) is 2.27. The zero-order valence-electron chi connectivity index (χ0n) is 8.88. The summed E-state index contributed by atoms with van der Waals surface area (Å²) in [6, 6.07) is 5.40. The number of hydrogen-bond donors (Lipinski definition) is 2. The smallest absolute Gasteiger partial charge is 0.269 e. The van der Waals surface area contributed by atoms with Gasteiger partial charge < -0.3 is 11.1 Å². The molecule has 7 nitrogen and oxygen atoms in total. The molecule has 1 rings (SSSR count). The number of carbonyl (C=O) groups excluding carboxylic acids is 2. The van der Waals surface area contributed by atoms with E-state index in [0.717, 1.165) is 0 Å². The van der Waals surface area contributed by atoms with Gasteiger partial charge in [0.2, 0.25) is 11.8 Å². The van der Waals surface area contributed by atoms with Gasteiger partial charge in [-0.3, -0.25) is 19.7 Å². The minimum Gasteiger partial charge on any atom is -0.370 e. The third-order valence-corrected chi connectivity index (χ3v) is 1.96. The van der Waals surface area contributed by atoms with Crippen molar-refractivity contribution in [3.8, 4) is 0 Å². The minimum absolute atomic E-state index is 0.00762. The second-order valence-electron chi connectivity index (χ2n) is 3.32. The van der Waals surface area contributed by atoms with Gasteiger partial charge in [0.25, 0.3) is 5.69 Å². The second-order valence-corrected chi connectivity index (χ2v) is 3.32. The standard InChI is InChI=1S/C10H11N3O4/c11-9(14)5-6-10(15)12-7-1-3-8(4-2-7)13(16)17/h1-4H,5-6H2,(H2,11,14)(H,12,15). The lowest BCUT2D eigenvalue weighted by Gasteiger charge is -2.03. The molecule has 17 heavy (non-hydrogen) atoms. The Hall–Kier alpha value is -2.44. The molecule has 1 aromatic carbocycles. The molecule has 0 unspecified atom stereocenters. The van der Waals surface area contributed by atoms with E-state index >= 15 is 0 Å². The largest absolute Gasteiger partial charge is 0.370 e. The molecule has 0 heterocycles. The fraction of sp³-hybridized carbons (Fsp3) is 0.200. The van der Waals surface area contributed by atoms with Crippen molar-refractivity contribution < 1.29 is 14.5 Å². The molecular weight excluding hydrogens is 226 g/mol. The predicted octanol–water partition coefficient (Wildman–Crippen LogP) is 0.799. The molecule has 0 fully saturated rings. The van der Waals surface area contributed by atoms with Gasteiger partial charge in [-0.1, -0.05) is 0 Å². The Labute approximate surface area is 96.8 Å². The number of nitrogens with two attached hydrogens (primary N) is 1. The van der Waals surface area contributed by atoms with Crippen molar-refractivity contribution in [1.29, 1.82) is 0 Å². The van der Waals surface area contributed by atoms with Crippen molar-refractivity contribution in [1.82, 2.24) is 0 Å². The molecule has 0 saturated carbocycles. The first-order valence-corrected chi connectivity index (χ1v) is 4.81. The molecule has 7 heteroatoms. The summed E-state index contributed by atoms with van der Waals surface area (Å²) in [7, 11) is 0. The van der Waals surface area contributed by atoms with Crippen LogP contribution in [0.1, 0.15) is 12.8 Å². The van der Waals surface area contributed by atoms with Crippen LogP contribution in [0.5, 0.6) is 0 Å². The number of benzene rings is 1. The highest BCUT2D eigenvalue weighted by molar-refractivity contribution is 5.93. The molecular formula is C10H11N3O4. The number of nitro groups is 1. The lowest BCUT2D eigenvalue weighted by molar-refractivity contribution is -0.384. The summed E-state index contributed by atoms with van der Waals surface area (Å²) < 4.78 is 0. The van der Waals surface area contributed by atoms with Gasteiger partial charge in [-0.2, -0.15) is 0 Å². The number of carbonyl (C=O) groups is 2. The summed E-state index contributed by atoms with van der Waals surface area (Å²) in [4.78, 5) is 31.6. The van der Waals surface area contributed by atoms with Crippen LogP contribution in [0, 0.1) is 10.1 Å². The van der Waals surface area contributed by atoms with Crippen molar-refractivity contribution in [3.63, 3.8) is 0 Å². The van der Waals surface area contributed by atoms with Crippen LogP contribution in [0.2, 0.25) is 0 Å². The Balaban J connectivity index is 2.54. The fourth-order valence-electron chi connectivity index (χ4n) is 1.13. The lowest BCUT2D eigenvalue weighted by Crippen LogP contribution is -2.17. The highest BCUT2D eigenvalue weighted by atomic mass is 16.6. The SMILES string of the molecule is NC(=O)CCC(=O)Nc1ccc([N+](=O)[O-])cc1. The number of primary amides is 1. The van der Waals surface area contributed by atoms with E-state index in [9.17, 15) is 19.7 Å². The summed E-state index contributed by atoms with van der Waals surface area (Å²) >= 11 is 0. The van der Waals surface area contributed by atoms with Crippen LogP contribution in [0.4, 0.5) is 11.4 Å². The van der Waals surface area contributed by atoms with E-state index in [-0.39, 0.29) is 24.4 Å². The van der Waals surface area contributed by atoms with Crippen molar-refractivity contribution in [2.24, 2.45) is 5.73 Å². The number of hydrogen-bond acceptors (Lipinski definition) is 4. The molecule has 0 radical (unpaired) electrons. The summed E-state index contributed by atoms with van der Waals surface area (Å²) in [6.45, 7) is 0. The number of non-ortho nitro benzene ring substituents is 1. The summed E-state index contributed by atoms with van der Waals surface area (Å²) in [6.07, 6.45) is -0.0366. The van der Waals surface area contributed by atoms with E-state index < -0.39 is 10.8 Å². The maximum absolute atomic E-state index is 11.3. The van der Waals surface area contributed by atoms with E-state index in [1.165, 1.54) is 24.3 Å². The van der Waals surface area contributed by atoms with Crippen LogP contribution in [0.25, 0.3) is 0 Å². The van der Waals surface area contributed by atoms with E-state index in [1.807, 2.05) is 0 Å². The Bertz CT molecular complexity index is 441. The van der Waals surface area contributed by atoms with E-state index in [1.54, 1.807) is 0 Å². The minimum atomic E-state index is -0.552. The van der Waals surface area contributed by atoms with Crippen LogP contribution in [-0.2, 0) is 9.59 Å². The lowest BCUT2D eigenvalue weighted by atomic mass is 10.2. The van der Waals surface area contributed by atoms with E-state index in [0.29, 0.717) is 5.69 Å². The molecule has 90 valence electrons. The number of nitro benzene ring substituents is 1. The van der Waals surface area contributed by atoms with Gasteiger partial charge in [0.1, 0.15) is 0 Å². The van der Waals surface area contributed by atoms with Gasteiger partial charge >= 0.3 is 0 Å². The van der Waals surface area contributed by atoms with Gasteiger partial charge in [-0.25, -0.2) is 0 Å². The average molecular weight is 237 g/mol. The summed E-state index contributed by atoms with van der Waals surface area (Å²) in [5.74, 6) is -0.915. The van der Waals surface area contributed by atoms with Gasteiger partial charge in [0, 0.05) is 30.7 Å². The van der Waals surface area contributed by atoms with Crippen LogP contribution in [0.3, 0.4) is 0 Å².